The Morgan fingerprint density at radius 1 is 1.09 bits per heavy atom. The minimum atomic E-state index is -0.689. The summed E-state index contributed by atoms with van der Waals surface area (Å²) in [5.74, 6) is 1.08. The Hall–Kier alpha value is -3.45. The Labute approximate surface area is 196 Å². The van der Waals surface area contributed by atoms with Gasteiger partial charge >= 0.3 is 0 Å². The van der Waals surface area contributed by atoms with Gasteiger partial charge in [-0.05, 0) is 66.8 Å². The number of aryl methyl sites for hydroxylation is 1. The van der Waals surface area contributed by atoms with Gasteiger partial charge in [0.05, 0.1) is 0 Å². The summed E-state index contributed by atoms with van der Waals surface area (Å²) in [4.78, 5) is 28.2. The third-order valence-electron chi connectivity index (χ3n) is 5.51. The molecule has 33 heavy (non-hydrogen) atoms. The molecule has 1 aromatic heterocycles. The SMILES string of the molecule is CC(=O)Nc1cc(Oc2ccc3c(c2)CC(C(=O)Nc2ccc(Cl)c(CF)c2)CC3)ccn1. The number of alkyl halides is 1. The molecule has 2 aromatic carbocycles. The number of pyridine rings is 1. The summed E-state index contributed by atoms with van der Waals surface area (Å²) in [5, 5.41) is 5.85. The van der Waals surface area contributed by atoms with Crippen LogP contribution < -0.4 is 15.4 Å². The fourth-order valence-electron chi connectivity index (χ4n) is 3.88. The van der Waals surface area contributed by atoms with Crippen LogP contribution in [0.2, 0.25) is 5.02 Å². The fourth-order valence-corrected chi connectivity index (χ4v) is 4.05. The lowest BCUT2D eigenvalue weighted by Gasteiger charge is -2.24. The molecule has 2 amide bonds. The summed E-state index contributed by atoms with van der Waals surface area (Å²) in [6.07, 6.45) is 3.65. The molecule has 1 heterocycles. The number of rotatable bonds is 6. The van der Waals surface area contributed by atoms with E-state index in [9.17, 15) is 14.0 Å². The molecule has 8 heteroatoms. The van der Waals surface area contributed by atoms with Crippen molar-refractivity contribution in [1.29, 1.82) is 0 Å². The molecule has 0 saturated heterocycles. The second kappa shape index (κ2) is 10.0. The maximum atomic E-state index is 13.1. The predicted molar refractivity (Wildman–Crippen MR) is 125 cm³/mol. The van der Waals surface area contributed by atoms with Gasteiger partial charge in [-0.25, -0.2) is 9.37 Å². The molecule has 0 radical (unpaired) electrons. The number of nitrogens with one attached hydrogen (secondary N) is 2. The number of anilines is 2. The molecule has 0 saturated carbocycles. The van der Waals surface area contributed by atoms with Gasteiger partial charge in [-0.2, -0.15) is 0 Å². The van der Waals surface area contributed by atoms with Gasteiger partial charge in [0.1, 0.15) is 24.0 Å². The van der Waals surface area contributed by atoms with Crippen molar-refractivity contribution < 1.29 is 18.7 Å². The third-order valence-corrected chi connectivity index (χ3v) is 5.87. The van der Waals surface area contributed by atoms with Crippen molar-refractivity contribution in [1.82, 2.24) is 4.98 Å². The van der Waals surface area contributed by atoms with Crippen LogP contribution in [0.15, 0.2) is 54.7 Å². The fraction of sp³-hybridized carbons (Fsp3) is 0.240. The molecule has 0 fully saturated rings. The van der Waals surface area contributed by atoms with Gasteiger partial charge in [0.2, 0.25) is 11.8 Å². The topological polar surface area (TPSA) is 80.3 Å². The number of hydrogen-bond acceptors (Lipinski definition) is 4. The van der Waals surface area contributed by atoms with Crippen molar-refractivity contribution in [3.05, 3.63) is 76.4 Å². The highest BCUT2D eigenvalue weighted by Gasteiger charge is 2.25. The lowest BCUT2D eigenvalue weighted by molar-refractivity contribution is -0.120. The van der Waals surface area contributed by atoms with Crippen LogP contribution in [0, 0.1) is 5.92 Å². The first-order valence-electron chi connectivity index (χ1n) is 10.6. The highest BCUT2D eigenvalue weighted by molar-refractivity contribution is 6.31. The largest absolute Gasteiger partial charge is 0.457 e. The Bertz CT molecular complexity index is 1200. The predicted octanol–water partition coefficient (Wildman–Crippen LogP) is 5.70. The van der Waals surface area contributed by atoms with Crippen LogP contribution in [0.4, 0.5) is 15.9 Å². The van der Waals surface area contributed by atoms with Gasteiger partial charge in [-0.3, -0.25) is 9.59 Å². The Morgan fingerprint density at radius 2 is 1.91 bits per heavy atom. The highest BCUT2D eigenvalue weighted by atomic mass is 35.5. The van der Waals surface area contributed by atoms with Crippen molar-refractivity contribution in [3.8, 4) is 11.5 Å². The van der Waals surface area contributed by atoms with E-state index in [2.05, 4.69) is 15.6 Å². The Balaban J connectivity index is 1.45. The molecule has 1 unspecified atom stereocenters. The van der Waals surface area contributed by atoms with Crippen LogP contribution >= 0.6 is 11.6 Å². The monoisotopic (exact) mass is 467 g/mol. The maximum absolute atomic E-state index is 13.1. The van der Waals surface area contributed by atoms with Crippen LogP contribution in [0.3, 0.4) is 0 Å². The zero-order valence-corrected chi connectivity index (χ0v) is 18.8. The number of nitrogens with zero attached hydrogens (tertiary/aromatic N) is 1. The molecule has 6 nitrogen and oxygen atoms in total. The molecular weight excluding hydrogens is 445 g/mol. The number of halogens is 2. The number of carbonyl (C=O) groups is 2. The molecule has 2 N–H and O–H groups in total. The van der Waals surface area contributed by atoms with E-state index in [-0.39, 0.29) is 17.7 Å². The van der Waals surface area contributed by atoms with Gasteiger partial charge < -0.3 is 15.4 Å². The number of amides is 2. The summed E-state index contributed by atoms with van der Waals surface area (Å²) in [5.41, 5.74) is 3.12. The van der Waals surface area contributed by atoms with E-state index in [1.54, 1.807) is 36.5 Å². The molecule has 3 aromatic rings. The van der Waals surface area contributed by atoms with Crippen molar-refractivity contribution in [2.75, 3.05) is 10.6 Å². The van der Waals surface area contributed by atoms with Gasteiger partial charge in [-0.15, -0.1) is 0 Å². The highest BCUT2D eigenvalue weighted by Crippen LogP contribution is 2.32. The van der Waals surface area contributed by atoms with E-state index in [1.165, 1.54) is 12.5 Å². The van der Waals surface area contributed by atoms with Crippen LogP contribution in [0.1, 0.15) is 30.0 Å². The Morgan fingerprint density at radius 3 is 2.70 bits per heavy atom. The Kier molecular flexibility index (Phi) is 6.89. The van der Waals surface area contributed by atoms with E-state index in [1.807, 2.05) is 18.2 Å². The zero-order chi connectivity index (χ0) is 23.4. The minimum absolute atomic E-state index is 0.104. The van der Waals surface area contributed by atoms with Gasteiger partial charge in [0.25, 0.3) is 0 Å². The average molecular weight is 468 g/mol. The van der Waals surface area contributed by atoms with E-state index in [4.69, 9.17) is 16.3 Å². The van der Waals surface area contributed by atoms with Gasteiger partial charge in [-0.1, -0.05) is 17.7 Å². The molecule has 1 atom stereocenters. The number of carbonyl (C=O) groups excluding carboxylic acids is 2. The summed E-state index contributed by atoms with van der Waals surface area (Å²) in [7, 11) is 0. The van der Waals surface area contributed by atoms with Crippen molar-refractivity contribution in [2.24, 2.45) is 5.92 Å². The molecule has 4 rings (SSSR count). The van der Waals surface area contributed by atoms with E-state index >= 15 is 0 Å². The maximum Gasteiger partial charge on any atom is 0.227 e. The molecule has 0 aliphatic heterocycles. The van der Waals surface area contributed by atoms with Crippen LogP contribution in [-0.2, 0) is 29.1 Å². The second-order valence-corrected chi connectivity index (χ2v) is 8.37. The number of ether oxygens (including phenoxy) is 1. The number of aromatic nitrogens is 1. The van der Waals surface area contributed by atoms with Crippen LogP contribution in [0.25, 0.3) is 0 Å². The summed E-state index contributed by atoms with van der Waals surface area (Å²) < 4.78 is 19.0. The van der Waals surface area contributed by atoms with Crippen molar-refractivity contribution in [3.63, 3.8) is 0 Å². The van der Waals surface area contributed by atoms with Gasteiger partial charge in [0, 0.05) is 41.4 Å². The average Bonchev–Trinajstić information content (AvgIpc) is 2.79. The standard InChI is InChI=1S/C25H23ClFN3O3/c1-15(31)29-24-13-22(8-9-28-24)33-21-6-4-16-2-3-17(10-18(16)12-21)25(32)30-20-5-7-23(26)19(11-20)14-27/h4-9,11-13,17H,2-3,10,14H2,1H3,(H,30,32)(H,28,29,31). The first-order valence-corrected chi connectivity index (χ1v) is 11.0. The van der Waals surface area contributed by atoms with E-state index < -0.39 is 6.67 Å². The molecule has 170 valence electrons. The first-order chi connectivity index (χ1) is 15.9. The number of benzene rings is 2. The normalized spacial score (nSPS) is 14.8. The molecule has 1 aliphatic carbocycles. The van der Waals surface area contributed by atoms with Crippen LogP contribution in [-0.4, -0.2) is 16.8 Å². The van der Waals surface area contributed by atoms with Crippen molar-refractivity contribution >= 4 is 34.9 Å². The molecule has 0 bridgehead atoms. The minimum Gasteiger partial charge on any atom is -0.457 e. The summed E-state index contributed by atoms with van der Waals surface area (Å²) in [6, 6.07) is 14.0. The lowest BCUT2D eigenvalue weighted by Crippen LogP contribution is -2.28. The zero-order valence-electron chi connectivity index (χ0n) is 18.0. The summed E-state index contributed by atoms with van der Waals surface area (Å²) in [6.45, 7) is 0.726. The summed E-state index contributed by atoms with van der Waals surface area (Å²) >= 11 is 5.95. The van der Waals surface area contributed by atoms with Gasteiger partial charge in [0.15, 0.2) is 0 Å². The number of fused-ring (bicyclic) bond motifs is 1. The lowest BCUT2D eigenvalue weighted by atomic mass is 9.83. The van der Waals surface area contributed by atoms with E-state index in [0.717, 1.165) is 18.4 Å². The second-order valence-electron chi connectivity index (χ2n) is 7.96. The smallest absolute Gasteiger partial charge is 0.227 e. The molecule has 1 aliphatic rings. The third kappa shape index (κ3) is 5.68. The first kappa shape index (κ1) is 22.7. The van der Waals surface area contributed by atoms with Crippen LogP contribution in [0.5, 0.6) is 11.5 Å². The van der Waals surface area contributed by atoms with Crippen molar-refractivity contribution in [2.45, 2.75) is 32.9 Å². The molecular formula is C25H23ClFN3O3. The molecule has 0 spiro atoms. The van der Waals surface area contributed by atoms with E-state index in [0.29, 0.717) is 40.0 Å². The quantitative estimate of drug-likeness (QED) is 0.487. The number of hydrogen-bond donors (Lipinski definition) is 2.